The van der Waals surface area contributed by atoms with Gasteiger partial charge in [0.1, 0.15) is 4.88 Å². The number of piperazine rings is 1. The highest BCUT2D eigenvalue weighted by Gasteiger charge is 2.23. The Bertz CT molecular complexity index is 711. The first-order chi connectivity index (χ1) is 11.7. The Morgan fingerprint density at radius 1 is 1.17 bits per heavy atom. The van der Waals surface area contributed by atoms with Gasteiger partial charge in [-0.2, -0.15) is 0 Å². The molecule has 1 saturated heterocycles. The number of amides is 2. The first kappa shape index (κ1) is 16.4. The van der Waals surface area contributed by atoms with Gasteiger partial charge in [-0.1, -0.05) is 41.7 Å². The second kappa shape index (κ2) is 7.41. The SMILES string of the molecule is O=C(NO)c1cnc(N2CCN(C(=O)Cc3ccccc3)CC2)s1. The van der Waals surface area contributed by atoms with Crippen molar-refractivity contribution in [1.29, 1.82) is 0 Å². The number of carbonyl (C=O) groups is 2. The lowest BCUT2D eigenvalue weighted by Gasteiger charge is -2.34. The highest BCUT2D eigenvalue weighted by Crippen LogP contribution is 2.23. The molecule has 2 amide bonds. The molecule has 0 saturated carbocycles. The molecular weight excluding hydrogens is 328 g/mol. The minimum absolute atomic E-state index is 0.125. The molecule has 1 aliphatic rings. The fourth-order valence-electron chi connectivity index (χ4n) is 2.60. The molecule has 0 bridgehead atoms. The molecule has 0 atom stereocenters. The van der Waals surface area contributed by atoms with Gasteiger partial charge in [0.15, 0.2) is 5.13 Å². The monoisotopic (exact) mass is 346 g/mol. The van der Waals surface area contributed by atoms with Crippen LogP contribution in [0.1, 0.15) is 15.2 Å². The number of nitrogens with one attached hydrogen (secondary N) is 1. The molecule has 0 unspecified atom stereocenters. The molecule has 1 fully saturated rings. The van der Waals surface area contributed by atoms with E-state index in [4.69, 9.17) is 5.21 Å². The van der Waals surface area contributed by atoms with Crippen LogP contribution in [-0.4, -0.2) is 53.1 Å². The molecule has 3 rings (SSSR count). The summed E-state index contributed by atoms with van der Waals surface area (Å²) in [6.45, 7) is 2.61. The van der Waals surface area contributed by atoms with E-state index in [1.807, 2.05) is 40.1 Å². The van der Waals surface area contributed by atoms with Gasteiger partial charge in [-0.25, -0.2) is 10.5 Å². The number of nitrogens with zero attached hydrogens (tertiary/aromatic N) is 3. The highest BCUT2D eigenvalue weighted by atomic mass is 32.1. The molecule has 2 N–H and O–H groups in total. The van der Waals surface area contributed by atoms with Gasteiger partial charge in [-0.15, -0.1) is 0 Å². The fourth-order valence-corrected chi connectivity index (χ4v) is 3.46. The first-order valence-electron chi connectivity index (χ1n) is 7.64. The lowest BCUT2D eigenvalue weighted by molar-refractivity contribution is -0.130. The van der Waals surface area contributed by atoms with E-state index < -0.39 is 5.91 Å². The minimum atomic E-state index is -0.560. The van der Waals surface area contributed by atoms with E-state index in [9.17, 15) is 9.59 Å². The molecule has 1 aromatic heterocycles. The van der Waals surface area contributed by atoms with Crippen LogP contribution in [-0.2, 0) is 11.2 Å². The maximum atomic E-state index is 12.4. The lowest BCUT2D eigenvalue weighted by Crippen LogP contribution is -2.49. The van der Waals surface area contributed by atoms with Gasteiger partial charge in [0.05, 0.1) is 12.6 Å². The molecule has 8 heteroatoms. The predicted octanol–water partition coefficient (Wildman–Crippen LogP) is 1.15. The van der Waals surface area contributed by atoms with Crippen LogP contribution in [0.15, 0.2) is 36.5 Å². The Hall–Kier alpha value is -2.45. The molecular formula is C16H18N4O3S. The van der Waals surface area contributed by atoms with E-state index >= 15 is 0 Å². The van der Waals surface area contributed by atoms with Gasteiger partial charge in [0.25, 0.3) is 5.91 Å². The van der Waals surface area contributed by atoms with Crippen molar-refractivity contribution in [1.82, 2.24) is 15.4 Å². The highest BCUT2D eigenvalue weighted by molar-refractivity contribution is 7.17. The molecule has 7 nitrogen and oxygen atoms in total. The number of anilines is 1. The molecule has 24 heavy (non-hydrogen) atoms. The van der Waals surface area contributed by atoms with Crippen molar-refractivity contribution in [2.45, 2.75) is 6.42 Å². The van der Waals surface area contributed by atoms with Crippen LogP contribution in [0.5, 0.6) is 0 Å². The van der Waals surface area contributed by atoms with Gasteiger partial charge in [0, 0.05) is 26.2 Å². The van der Waals surface area contributed by atoms with Crippen LogP contribution >= 0.6 is 11.3 Å². The third-order valence-electron chi connectivity index (χ3n) is 3.92. The summed E-state index contributed by atoms with van der Waals surface area (Å²) in [5.74, 6) is -0.434. The zero-order valence-electron chi connectivity index (χ0n) is 13.0. The largest absolute Gasteiger partial charge is 0.345 e. The van der Waals surface area contributed by atoms with Gasteiger partial charge in [-0.05, 0) is 5.56 Å². The summed E-state index contributed by atoms with van der Waals surface area (Å²) in [7, 11) is 0. The number of carbonyl (C=O) groups excluding carboxylic acids is 2. The molecule has 2 aromatic rings. The van der Waals surface area contributed by atoms with E-state index in [-0.39, 0.29) is 5.91 Å². The lowest BCUT2D eigenvalue weighted by atomic mass is 10.1. The normalized spacial score (nSPS) is 14.5. The predicted molar refractivity (Wildman–Crippen MR) is 90.3 cm³/mol. The molecule has 0 aliphatic carbocycles. The van der Waals surface area contributed by atoms with Gasteiger partial charge < -0.3 is 9.80 Å². The summed E-state index contributed by atoms with van der Waals surface area (Å²) >= 11 is 1.22. The van der Waals surface area contributed by atoms with Gasteiger partial charge >= 0.3 is 0 Å². The Labute approximate surface area is 143 Å². The Balaban J connectivity index is 1.54. The average molecular weight is 346 g/mol. The number of hydroxylamine groups is 1. The molecule has 2 heterocycles. The summed E-state index contributed by atoms with van der Waals surface area (Å²) in [4.78, 5) is 32.2. The van der Waals surface area contributed by atoms with Crippen LogP contribution in [0.4, 0.5) is 5.13 Å². The van der Waals surface area contributed by atoms with Crippen LogP contribution in [0, 0.1) is 0 Å². The van der Waals surface area contributed by atoms with Crippen LogP contribution in [0.3, 0.4) is 0 Å². The van der Waals surface area contributed by atoms with Crippen molar-refractivity contribution >= 4 is 28.3 Å². The quantitative estimate of drug-likeness (QED) is 0.641. The third-order valence-corrected chi connectivity index (χ3v) is 4.98. The number of aromatic nitrogens is 1. The first-order valence-corrected chi connectivity index (χ1v) is 8.46. The summed E-state index contributed by atoms with van der Waals surface area (Å²) < 4.78 is 0. The molecule has 126 valence electrons. The van der Waals surface area contributed by atoms with Crippen molar-refractivity contribution in [2.24, 2.45) is 0 Å². The zero-order valence-corrected chi connectivity index (χ0v) is 13.8. The van der Waals surface area contributed by atoms with Crippen molar-refractivity contribution in [3.05, 3.63) is 47.0 Å². The minimum Gasteiger partial charge on any atom is -0.345 e. The molecule has 1 aliphatic heterocycles. The van der Waals surface area contributed by atoms with Crippen LogP contribution in [0.25, 0.3) is 0 Å². The van der Waals surface area contributed by atoms with E-state index in [1.54, 1.807) is 5.48 Å². The van der Waals surface area contributed by atoms with Gasteiger partial charge in [-0.3, -0.25) is 14.8 Å². The summed E-state index contributed by atoms with van der Waals surface area (Å²) in [5.41, 5.74) is 2.62. The maximum absolute atomic E-state index is 12.4. The summed E-state index contributed by atoms with van der Waals surface area (Å²) in [6.07, 6.45) is 1.86. The van der Waals surface area contributed by atoms with E-state index in [1.165, 1.54) is 17.5 Å². The fraction of sp³-hybridized carbons (Fsp3) is 0.312. The van der Waals surface area contributed by atoms with Crippen molar-refractivity contribution in [2.75, 3.05) is 31.1 Å². The number of benzene rings is 1. The Morgan fingerprint density at radius 3 is 2.54 bits per heavy atom. The van der Waals surface area contributed by atoms with E-state index in [0.29, 0.717) is 37.5 Å². The van der Waals surface area contributed by atoms with E-state index in [0.717, 1.165) is 10.7 Å². The summed E-state index contributed by atoms with van der Waals surface area (Å²) in [6, 6.07) is 9.72. The second-order valence-electron chi connectivity index (χ2n) is 5.48. The Morgan fingerprint density at radius 2 is 1.88 bits per heavy atom. The zero-order chi connectivity index (χ0) is 16.9. The topological polar surface area (TPSA) is 85.8 Å². The standard InChI is InChI=1S/C16H18N4O3S/c21-14(10-12-4-2-1-3-5-12)19-6-8-20(9-7-19)16-17-11-13(24-16)15(22)18-23/h1-5,11,23H,6-10H2,(H,18,22). The number of hydrogen-bond donors (Lipinski definition) is 2. The molecule has 0 radical (unpaired) electrons. The average Bonchev–Trinajstić information content (AvgIpc) is 3.12. The maximum Gasteiger partial charge on any atom is 0.286 e. The number of rotatable bonds is 4. The van der Waals surface area contributed by atoms with E-state index in [2.05, 4.69) is 4.98 Å². The Kier molecular flexibility index (Phi) is 5.07. The smallest absolute Gasteiger partial charge is 0.286 e. The second-order valence-corrected chi connectivity index (χ2v) is 6.49. The van der Waals surface area contributed by atoms with Crippen LogP contribution in [0.2, 0.25) is 0 Å². The summed E-state index contributed by atoms with van der Waals surface area (Å²) in [5, 5.41) is 9.37. The molecule has 0 spiro atoms. The molecule has 1 aromatic carbocycles. The number of hydrogen-bond acceptors (Lipinski definition) is 6. The van der Waals surface area contributed by atoms with Gasteiger partial charge in [0.2, 0.25) is 5.91 Å². The third kappa shape index (κ3) is 3.72. The van der Waals surface area contributed by atoms with Crippen LogP contribution < -0.4 is 10.4 Å². The van der Waals surface area contributed by atoms with Crippen molar-refractivity contribution in [3.8, 4) is 0 Å². The van der Waals surface area contributed by atoms with Crippen molar-refractivity contribution < 1.29 is 14.8 Å². The number of thiazole rings is 1. The van der Waals surface area contributed by atoms with Crippen molar-refractivity contribution in [3.63, 3.8) is 0 Å².